The molecule has 3 nitrogen and oxygen atoms in total. The number of carbonyl (C=O) groups is 1. The summed E-state index contributed by atoms with van der Waals surface area (Å²) in [6.07, 6.45) is 3.93. The molecule has 0 amide bonds. The summed E-state index contributed by atoms with van der Waals surface area (Å²) in [7, 11) is -1.84. The molecule has 0 N–H and O–H groups in total. The van der Waals surface area contributed by atoms with Gasteiger partial charge in [-0.1, -0.05) is 54.2 Å². The maximum absolute atomic E-state index is 11.5. The third-order valence-electron chi connectivity index (χ3n) is 4.30. The van der Waals surface area contributed by atoms with Crippen LogP contribution in [0.2, 0.25) is 16.6 Å². The Hall–Kier alpha value is -0.873. The third-order valence-corrected chi connectivity index (χ3v) is 10.4. The van der Waals surface area contributed by atoms with Gasteiger partial charge in [0.25, 0.3) is 0 Å². The predicted molar refractivity (Wildman–Crippen MR) is 96.5 cm³/mol. The first-order chi connectivity index (χ1) is 10.2. The zero-order valence-corrected chi connectivity index (χ0v) is 16.4. The van der Waals surface area contributed by atoms with E-state index in [9.17, 15) is 4.79 Å². The van der Waals surface area contributed by atoms with Crippen LogP contribution in [0.5, 0.6) is 0 Å². The van der Waals surface area contributed by atoms with Gasteiger partial charge >= 0.3 is 5.97 Å². The first-order valence-corrected chi connectivity index (χ1v) is 10.5. The number of rotatable bonds is 10. The third kappa shape index (κ3) is 5.73. The fourth-order valence-corrected chi connectivity index (χ4v) is 8.87. The number of carbonyl (C=O) groups excluding carboxylic acids is 1. The second kappa shape index (κ2) is 10.0. The Morgan fingerprint density at radius 2 is 1.59 bits per heavy atom. The average molecular weight is 327 g/mol. The van der Waals surface area contributed by atoms with Crippen molar-refractivity contribution in [1.82, 2.24) is 0 Å². The zero-order chi connectivity index (χ0) is 17.3. The summed E-state index contributed by atoms with van der Waals surface area (Å²) in [5, 5.41) is 0. The van der Waals surface area contributed by atoms with Crippen LogP contribution < -0.4 is 0 Å². The molecule has 0 atom stereocenters. The summed E-state index contributed by atoms with van der Waals surface area (Å²) in [4.78, 5) is 11.5. The second-order valence-corrected chi connectivity index (χ2v) is 12.1. The molecule has 0 spiro atoms. The van der Waals surface area contributed by atoms with Crippen LogP contribution in [0.4, 0.5) is 0 Å². The Bertz CT molecular complexity index is 362. The van der Waals surface area contributed by atoms with Crippen LogP contribution in [-0.2, 0) is 14.0 Å². The van der Waals surface area contributed by atoms with Crippen LogP contribution in [0, 0.1) is 0 Å². The number of allylic oxidation sites excluding steroid dienone is 1. The minimum absolute atomic E-state index is 0.308. The molecule has 22 heavy (non-hydrogen) atoms. The molecule has 0 aliphatic heterocycles. The van der Waals surface area contributed by atoms with Crippen LogP contribution in [0.25, 0.3) is 0 Å². The Morgan fingerprint density at radius 1 is 1.09 bits per heavy atom. The molecule has 0 unspecified atom stereocenters. The standard InChI is InChI=1S/C18H34O3Si/c1-9-17(13-18(19)20-10-2)11-12-21-22(14(3)4,15(5)6)16(7)8/h9,13-16H,1,10-12H2,2-8H3/b17-13-. The van der Waals surface area contributed by atoms with Crippen LogP contribution in [0.3, 0.4) is 0 Å². The molecule has 0 fully saturated rings. The van der Waals surface area contributed by atoms with E-state index in [1.807, 2.05) is 0 Å². The molecule has 0 saturated carbocycles. The van der Waals surface area contributed by atoms with Crippen molar-refractivity contribution in [2.45, 2.75) is 71.5 Å². The Labute approximate surface area is 137 Å². The first kappa shape index (κ1) is 21.1. The Morgan fingerprint density at radius 3 is 1.95 bits per heavy atom. The Kier molecular flexibility index (Phi) is 9.61. The highest BCUT2D eigenvalue weighted by atomic mass is 28.4. The molecular formula is C18H34O3Si. The SMILES string of the molecule is C=C/C(=C/C(=O)OCC)CCO[Si](C(C)C)(C(C)C)C(C)C. The minimum Gasteiger partial charge on any atom is -0.463 e. The highest BCUT2D eigenvalue weighted by Crippen LogP contribution is 2.42. The number of esters is 1. The van der Waals surface area contributed by atoms with E-state index in [4.69, 9.17) is 9.16 Å². The van der Waals surface area contributed by atoms with Gasteiger partial charge in [-0.25, -0.2) is 4.79 Å². The van der Waals surface area contributed by atoms with E-state index in [2.05, 4.69) is 48.1 Å². The lowest BCUT2D eigenvalue weighted by molar-refractivity contribution is -0.137. The van der Waals surface area contributed by atoms with Gasteiger partial charge in [0.1, 0.15) is 0 Å². The van der Waals surface area contributed by atoms with Crippen molar-refractivity contribution in [3.05, 3.63) is 24.3 Å². The molecule has 0 rings (SSSR count). The van der Waals surface area contributed by atoms with Crippen molar-refractivity contribution in [3.63, 3.8) is 0 Å². The van der Waals surface area contributed by atoms with Crippen LogP contribution >= 0.6 is 0 Å². The van der Waals surface area contributed by atoms with Crippen molar-refractivity contribution in [2.75, 3.05) is 13.2 Å². The second-order valence-electron chi connectivity index (χ2n) is 6.59. The molecule has 0 aromatic heterocycles. The molecular weight excluding hydrogens is 292 g/mol. The summed E-state index contributed by atoms with van der Waals surface area (Å²) >= 11 is 0. The largest absolute Gasteiger partial charge is 0.463 e. The smallest absolute Gasteiger partial charge is 0.331 e. The van der Waals surface area contributed by atoms with Gasteiger partial charge in [0, 0.05) is 12.7 Å². The van der Waals surface area contributed by atoms with E-state index in [0.717, 1.165) is 5.57 Å². The topological polar surface area (TPSA) is 35.5 Å². The van der Waals surface area contributed by atoms with E-state index in [1.165, 1.54) is 6.08 Å². The summed E-state index contributed by atoms with van der Waals surface area (Å²) in [5.74, 6) is -0.308. The molecule has 0 heterocycles. The monoisotopic (exact) mass is 326 g/mol. The summed E-state index contributed by atoms with van der Waals surface area (Å²) in [6.45, 7) is 20.2. The van der Waals surface area contributed by atoms with E-state index < -0.39 is 8.32 Å². The van der Waals surface area contributed by atoms with Gasteiger partial charge in [0.05, 0.1) is 6.61 Å². The van der Waals surface area contributed by atoms with E-state index >= 15 is 0 Å². The van der Waals surface area contributed by atoms with Gasteiger partial charge in [0.2, 0.25) is 0 Å². The Balaban J connectivity index is 4.87. The van der Waals surface area contributed by atoms with Gasteiger partial charge in [-0.3, -0.25) is 0 Å². The molecule has 0 saturated heterocycles. The summed E-state index contributed by atoms with van der Waals surface area (Å²) in [5.41, 5.74) is 2.56. The quantitative estimate of drug-likeness (QED) is 0.238. The number of ether oxygens (including phenoxy) is 1. The van der Waals surface area contributed by atoms with Crippen LogP contribution in [0.15, 0.2) is 24.3 Å². The molecule has 128 valence electrons. The molecule has 0 aliphatic carbocycles. The molecule has 0 aromatic rings. The fraction of sp³-hybridized carbons (Fsp3) is 0.722. The number of hydrogen-bond acceptors (Lipinski definition) is 3. The van der Waals surface area contributed by atoms with E-state index in [1.54, 1.807) is 13.0 Å². The minimum atomic E-state index is -1.84. The van der Waals surface area contributed by atoms with Gasteiger partial charge in [0.15, 0.2) is 8.32 Å². The van der Waals surface area contributed by atoms with Crippen molar-refractivity contribution < 1.29 is 14.0 Å². The molecule has 0 bridgehead atoms. The van der Waals surface area contributed by atoms with Crippen LogP contribution in [-0.4, -0.2) is 27.5 Å². The van der Waals surface area contributed by atoms with Gasteiger partial charge in [-0.15, -0.1) is 0 Å². The van der Waals surface area contributed by atoms with E-state index in [-0.39, 0.29) is 5.97 Å². The highest BCUT2D eigenvalue weighted by molar-refractivity contribution is 6.77. The molecule has 4 heteroatoms. The van der Waals surface area contributed by atoms with Crippen LogP contribution in [0.1, 0.15) is 54.9 Å². The van der Waals surface area contributed by atoms with Crippen molar-refractivity contribution in [2.24, 2.45) is 0 Å². The van der Waals surface area contributed by atoms with Gasteiger partial charge in [-0.05, 0) is 35.5 Å². The van der Waals surface area contributed by atoms with Gasteiger partial charge < -0.3 is 9.16 Å². The average Bonchev–Trinajstić information content (AvgIpc) is 2.41. The summed E-state index contributed by atoms with van der Waals surface area (Å²) in [6, 6.07) is 0. The van der Waals surface area contributed by atoms with Crippen molar-refractivity contribution in [1.29, 1.82) is 0 Å². The lowest BCUT2D eigenvalue weighted by Crippen LogP contribution is -2.48. The summed E-state index contributed by atoms with van der Waals surface area (Å²) < 4.78 is 11.4. The lowest BCUT2D eigenvalue weighted by Gasteiger charge is -2.42. The maximum Gasteiger partial charge on any atom is 0.331 e. The molecule has 0 aliphatic rings. The lowest BCUT2D eigenvalue weighted by atomic mass is 10.2. The first-order valence-electron chi connectivity index (χ1n) is 8.35. The zero-order valence-electron chi connectivity index (χ0n) is 15.4. The molecule has 0 aromatic carbocycles. The van der Waals surface area contributed by atoms with Crippen molar-refractivity contribution in [3.8, 4) is 0 Å². The maximum atomic E-state index is 11.5. The predicted octanol–water partition coefficient (Wildman–Crippen LogP) is 5.24. The fourth-order valence-electron chi connectivity index (χ4n) is 3.41. The van der Waals surface area contributed by atoms with Gasteiger partial charge in [-0.2, -0.15) is 0 Å². The van der Waals surface area contributed by atoms with Crippen molar-refractivity contribution >= 4 is 14.3 Å². The normalized spacial score (nSPS) is 13.1. The molecule has 0 radical (unpaired) electrons. The highest BCUT2D eigenvalue weighted by Gasteiger charge is 2.44. The van der Waals surface area contributed by atoms with E-state index in [0.29, 0.717) is 36.3 Å². The number of hydrogen-bond donors (Lipinski definition) is 0.